The number of esters is 1. The van der Waals surface area contributed by atoms with Crippen molar-refractivity contribution >= 4 is 28.6 Å². The molecule has 2 rings (SSSR count). The van der Waals surface area contributed by atoms with Crippen LogP contribution in [0.3, 0.4) is 0 Å². The van der Waals surface area contributed by atoms with Crippen LogP contribution in [0.2, 0.25) is 5.15 Å². The van der Waals surface area contributed by atoms with Crippen LogP contribution in [-0.4, -0.2) is 22.5 Å². The lowest BCUT2D eigenvalue weighted by Crippen LogP contribution is -2.18. The van der Waals surface area contributed by atoms with Gasteiger partial charge in [-0.1, -0.05) is 11.6 Å². The molecule has 0 bridgehead atoms. The summed E-state index contributed by atoms with van der Waals surface area (Å²) in [5, 5.41) is -0.399. The molecule has 0 saturated heterocycles. The minimum atomic E-state index is -0.823. The maximum absolute atomic E-state index is 13.2. The Morgan fingerprint density at radius 1 is 1.61 bits per heavy atom. The molecular formula is C11H8ClFN2O3. The van der Waals surface area contributed by atoms with Crippen molar-refractivity contribution in [3.8, 4) is 0 Å². The number of rotatable bonds is 2. The number of carbonyl (C=O) groups excluding carboxylic acids is 1. The summed E-state index contributed by atoms with van der Waals surface area (Å²) in [6.45, 7) is 1.76. The number of H-pyrrole nitrogens is 1. The first kappa shape index (κ1) is 12.5. The molecule has 0 unspecified atom stereocenters. The van der Waals surface area contributed by atoms with Crippen molar-refractivity contribution in [1.29, 1.82) is 0 Å². The Balaban J connectivity index is 2.68. The van der Waals surface area contributed by atoms with Crippen LogP contribution in [0.15, 0.2) is 17.1 Å². The van der Waals surface area contributed by atoms with E-state index in [0.717, 1.165) is 6.07 Å². The van der Waals surface area contributed by atoms with Crippen LogP contribution in [0.25, 0.3) is 11.0 Å². The number of halogens is 2. The monoisotopic (exact) mass is 270 g/mol. The van der Waals surface area contributed by atoms with Gasteiger partial charge in [0.1, 0.15) is 11.2 Å². The van der Waals surface area contributed by atoms with E-state index in [4.69, 9.17) is 16.3 Å². The number of pyridine rings is 2. The van der Waals surface area contributed by atoms with Crippen molar-refractivity contribution in [3.63, 3.8) is 0 Å². The minimum Gasteiger partial charge on any atom is -0.462 e. The lowest BCUT2D eigenvalue weighted by Gasteiger charge is -2.03. The molecule has 0 atom stereocenters. The van der Waals surface area contributed by atoms with E-state index in [2.05, 4.69) is 9.97 Å². The Bertz CT molecular complexity index is 684. The van der Waals surface area contributed by atoms with E-state index in [0.29, 0.717) is 0 Å². The van der Waals surface area contributed by atoms with Crippen LogP contribution in [0.5, 0.6) is 0 Å². The van der Waals surface area contributed by atoms with E-state index in [-0.39, 0.29) is 28.4 Å². The second-order valence-electron chi connectivity index (χ2n) is 3.41. The zero-order valence-electron chi connectivity index (χ0n) is 9.29. The summed E-state index contributed by atoms with van der Waals surface area (Å²) >= 11 is 5.49. The molecule has 2 heterocycles. The Morgan fingerprint density at radius 3 is 3.00 bits per heavy atom. The van der Waals surface area contributed by atoms with E-state index in [9.17, 15) is 14.0 Å². The fourth-order valence-electron chi connectivity index (χ4n) is 1.46. The summed E-state index contributed by atoms with van der Waals surface area (Å²) in [6, 6.07) is 0.937. The van der Waals surface area contributed by atoms with Crippen molar-refractivity contribution in [2.24, 2.45) is 0 Å². The SMILES string of the molecule is CCOC(=O)c1c[nH]c2nc(Cl)c(F)cc2c1=O. The zero-order valence-corrected chi connectivity index (χ0v) is 10.0. The molecule has 0 fully saturated rings. The minimum absolute atomic E-state index is 0.0533. The molecular weight excluding hydrogens is 263 g/mol. The molecule has 1 N–H and O–H groups in total. The number of aromatic nitrogens is 2. The average molecular weight is 271 g/mol. The summed E-state index contributed by atoms with van der Waals surface area (Å²) in [6.07, 6.45) is 1.17. The van der Waals surface area contributed by atoms with Gasteiger partial charge in [-0.25, -0.2) is 14.2 Å². The van der Waals surface area contributed by atoms with Crippen molar-refractivity contribution in [2.45, 2.75) is 6.92 Å². The average Bonchev–Trinajstić information content (AvgIpc) is 2.32. The van der Waals surface area contributed by atoms with Crippen molar-refractivity contribution in [1.82, 2.24) is 9.97 Å². The number of hydrogen-bond donors (Lipinski definition) is 1. The van der Waals surface area contributed by atoms with Crippen LogP contribution < -0.4 is 5.43 Å². The molecule has 2 aromatic rings. The molecule has 0 aromatic carbocycles. The summed E-state index contributed by atoms with van der Waals surface area (Å²) in [5.74, 6) is -1.59. The van der Waals surface area contributed by atoms with E-state index < -0.39 is 17.2 Å². The van der Waals surface area contributed by atoms with Gasteiger partial charge in [-0.05, 0) is 13.0 Å². The number of nitrogens with one attached hydrogen (secondary N) is 1. The molecule has 0 amide bonds. The Hall–Kier alpha value is -1.95. The predicted octanol–water partition coefficient (Wildman–Crippen LogP) is 1.89. The van der Waals surface area contributed by atoms with Crippen molar-refractivity contribution in [2.75, 3.05) is 6.61 Å². The maximum Gasteiger partial charge on any atom is 0.343 e. The summed E-state index contributed by atoms with van der Waals surface area (Å²) in [4.78, 5) is 29.7. The van der Waals surface area contributed by atoms with Gasteiger partial charge in [0.25, 0.3) is 0 Å². The van der Waals surface area contributed by atoms with E-state index in [1.54, 1.807) is 6.92 Å². The highest BCUT2D eigenvalue weighted by Gasteiger charge is 2.16. The largest absolute Gasteiger partial charge is 0.462 e. The van der Waals surface area contributed by atoms with Crippen LogP contribution in [-0.2, 0) is 4.74 Å². The highest BCUT2D eigenvalue weighted by atomic mass is 35.5. The molecule has 0 saturated carbocycles. The lowest BCUT2D eigenvalue weighted by atomic mass is 10.2. The van der Waals surface area contributed by atoms with E-state index >= 15 is 0 Å². The second-order valence-corrected chi connectivity index (χ2v) is 3.77. The lowest BCUT2D eigenvalue weighted by molar-refractivity contribution is 0.0524. The highest BCUT2D eigenvalue weighted by molar-refractivity contribution is 6.29. The molecule has 18 heavy (non-hydrogen) atoms. The van der Waals surface area contributed by atoms with Crippen LogP contribution >= 0.6 is 11.6 Å². The van der Waals surface area contributed by atoms with Gasteiger partial charge in [-0.2, -0.15) is 0 Å². The topological polar surface area (TPSA) is 72.1 Å². The smallest absolute Gasteiger partial charge is 0.343 e. The van der Waals surface area contributed by atoms with Gasteiger partial charge in [0.2, 0.25) is 5.43 Å². The first-order chi connectivity index (χ1) is 8.54. The summed E-state index contributed by atoms with van der Waals surface area (Å²) in [7, 11) is 0. The number of carbonyl (C=O) groups is 1. The maximum atomic E-state index is 13.2. The van der Waals surface area contributed by atoms with Gasteiger partial charge in [0.15, 0.2) is 11.0 Å². The number of ether oxygens (including phenoxy) is 1. The molecule has 0 spiro atoms. The third kappa shape index (κ3) is 2.06. The van der Waals surface area contributed by atoms with Crippen LogP contribution in [0, 0.1) is 5.82 Å². The highest BCUT2D eigenvalue weighted by Crippen LogP contribution is 2.15. The fraction of sp³-hybridized carbons (Fsp3) is 0.182. The van der Waals surface area contributed by atoms with Gasteiger partial charge in [-0.15, -0.1) is 0 Å². The van der Waals surface area contributed by atoms with Crippen LogP contribution in [0.4, 0.5) is 4.39 Å². The quantitative estimate of drug-likeness (QED) is 0.668. The predicted molar refractivity (Wildman–Crippen MR) is 63.3 cm³/mol. The number of fused-ring (bicyclic) bond motifs is 1. The third-order valence-electron chi connectivity index (χ3n) is 2.27. The third-order valence-corrected chi connectivity index (χ3v) is 2.54. The Labute approximate surface area is 106 Å². The summed E-state index contributed by atoms with van der Waals surface area (Å²) < 4.78 is 18.0. The molecule has 0 aliphatic heterocycles. The van der Waals surface area contributed by atoms with E-state index in [1.807, 2.05) is 0 Å². The Kier molecular flexibility index (Phi) is 3.29. The number of nitrogens with zero attached hydrogens (tertiary/aromatic N) is 1. The fourth-order valence-corrected chi connectivity index (χ4v) is 1.60. The van der Waals surface area contributed by atoms with Gasteiger partial charge in [0.05, 0.1) is 12.0 Å². The molecule has 94 valence electrons. The van der Waals surface area contributed by atoms with Gasteiger partial charge in [0, 0.05) is 6.20 Å². The molecule has 0 aliphatic carbocycles. The van der Waals surface area contributed by atoms with Crippen molar-refractivity contribution in [3.05, 3.63) is 39.0 Å². The molecule has 7 heteroatoms. The first-order valence-electron chi connectivity index (χ1n) is 5.09. The first-order valence-corrected chi connectivity index (χ1v) is 5.47. The van der Waals surface area contributed by atoms with Gasteiger partial charge in [-0.3, -0.25) is 4.79 Å². The second kappa shape index (κ2) is 4.73. The summed E-state index contributed by atoms with van der Waals surface area (Å²) in [5.41, 5.74) is -0.738. The van der Waals surface area contributed by atoms with Crippen molar-refractivity contribution < 1.29 is 13.9 Å². The standard InChI is InChI=1S/C11H8ClFN2O3/c1-2-18-11(17)6-4-14-10-5(8(6)16)3-7(13)9(12)15-10/h3-4H,2H2,1H3,(H,14,15,16). The molecule has 2 aromatic heterocycles. The number of hydrogen-bond acceptors (Lipinski definition) is 4. The molecule has 0 radical (unpaired) electrons. The van der Waals surface area contributed by atoms with Gasteiger partial charge >= 0.3 is 5.97 Å². The molecule has 0 aliphatic rings. The van der Waals surface area contributed by atoms with Crippen LogP contribution in [0.1, 0.15) is 17.3 Å². The number of aromatic amines is 1. The van der Waals surface area contributed by atoms with E-state index in [1.165, 1.54) is 6.20 Å². The van der Waals surface area contributed by atoms with Gasteiger partial charge < -0.3 is 9.72 Å². The Morgan fingerprint density at radius 2 is 2.33 bits per heavy atom. The normalized spacial score (nSPS) is 10.6. The molecule has 5 nitrogen and oxygen atoms in total. The zero-order chi connectivity index (χ0) is 13.3.